The number of carbonyl (C=O) groups is 2. The number of thioether (sulfide) groups is 1. The molecule has 1 heterocycles. The third kappa shape index (κ3) is 6.24. The summed E-state index contributed by atoms with van der Waals surface area (Å²) >= 11 is 1.60. The lowest BCUT2D eigenvalue weighted by molar-refractivity contribution is -0.128. The van der Waals surface area contributed by atoms with Gasteiger partial charge in [0.15, 0.2) is 11.5 Å². The number of ether oxygens (including phenoxy) is 3. The molecule has 3 aromatic rings. The first-order valence-electron chi connectivity index (χ1n) is 11.7. The van der Waals surface area contributed by atoms with Crippen molar-refractivity contribution in [1.82, 2.24) is 10.3 Å². The molecule has 0 unspecified atom stereocenters. The van der Waals surface area contributed by atoms with Crippen LogP contribution in [-0.2, 0) is 11.2 Å². The van der Waals surface area contributed by atoms with Gasteiger partial charge >= 0.3 is 0 Å². The van der Waals surface area contributed by atoms with Crippen molar-refractivity contribution < 1.29 is 23.8 Å². The summed E-state index contributed by atoms with van der Waals surface area (Å²) in [6, 6.07) is 20.9. The summed E-state index contributed by atoms with van der Waals surface area (Å²) in [6.45, 7) is 0.651. The van der Waals surface area contributed by atoms with Crippen LogP contribution >= 0.6 is 11.8 Å². The Kier molecular flexibility index (Phi) is 8.68. The summed E-state index contributed by atoms with van der Waals surface area (Å²) in [5, 5.41) is 4.00. The van der Waals surface area contributed by atoms with E-state index in [0.717, 1.165) is 12.0 Å². The molecule has 0 bridgehead atoms. The van der Waals surface area contributed by atoms with E-state index in [1.54, 1.807) is 36.0 Å². The zero-order valence-corrected chi connectivity index (χ0v) is 21.8. The lowest BCUT2D eigenvalue weighted by Gasteiger charge is -2.24. The van der Waals surface area contributed by atoms with Gasteiger partial charge in [-0.3, -0.25) is 9.59 Å². The zero-order chi connectivity index (χ0) is 26.2. The first-order valence-corrected chi connectivity index (χ1v) is 12.8. The van der Waals surface area contributed by atoms with Gasteiger partial charge in [0.05, 0.1) is 33.3 Å². The molecule has 0 aromatic heterocycles. The minimum atomic E-state index is -0.341. The molecule has 1 aliphatic rings. The van der Waals surface area contributed by atoms with Crippen molar-refractivity contribution in [2.45, 2.75) is 11.8 Å². The minimum Gasteiger partial charge on any atom is -0.493 e. The molecule has 0 saturated carbocycles. The third-order valence-corrected chi connectivity index (χ3v) is 7.23. The Morgan fingerprint density at radius 1 is 1.03 bits per heavy atom. The zero-order valence-electron chi connectivity index (χ0n) is 21.0. The molecule has 0 spiro atoms. The minimum absolute atomic E-state index is 0.0635. The molecule has 4 rings (SSSR count). The first-order chi connectivity index (χ1) is 18.0. The highest BCUT2D eigenvalue weighted by atomic mass is 32.2. The number of nitrogens with zero attached hydrogens (tertiary/aromatic N) is 2. The van der Waals surface area contributed by atoms with Gasteiger partial charge in [0, 0.05) is 17.7 Å². The Hall–Kier alpha value is -3.98. The first kappa shape index (κ1) is 26.1. The number of amides is 2. The molecule has 37 heavy (non-hydrogen) atoms. The van der Waals surface area contributed by atoms with Crippen LogP contribution in [0.3, 0.4) is 0 Å². The maximum atomic E-state index is 12.6. The van der Waals surface area contributed by atoms with Crippen molar-refractivity contribution in [2.75, 3.05) is 33.6 Å². The van der Waals surface area contributed by atoms with E-state index in [1.165, 1.54) is 33.1 Å². The van der Waals surface area contributed by atoms with Gasteiger partial charge in [-0.25, -0.2) is 5.43 Å². The number of nitrogens with one attached hydrogen (secondary N) is 1. The van der Waals surface area contributed by atoms with Crippen LogP contribution in [0.4, 0.5) is 0 Å². The lowest BCUT2D eigenvalue weighted by atomic mass is 10.1. The fourth-order valence-electron chi connectivity index (χ4n) is 4.07. The van der Waals surface area contributed by atoms with Gasteiger partial charge in [-0.2, -0.15) is 5.10 Å². The Balaban J connectivity index is 1.39. The van der Waals surface area contributed by atoms with Crippen molar-refractivity contribution in [3.05, 3.63) is 89.0 Å². The predicted octanol–water partition coefficient (Wildman–Crippen LogP) is 4.29. The van der Waals surface area contributed by atoms with Crippen molar-refractivity contribution in [1.29, 1.82) is 0 Å². The fourth-order valence-corrected chi connectivity index (χ4v) is 5.29. The molecule has 2 amide bonds. The van der Waals surface area contributed by atoms with Gasteiger partial charge in [-0.1, -0.05) is 42.5 Å². The molecular weight excluding hydrogens is 490 g/mol. The molecule has 1 N–H and O–H groups in total. The third-order valence-electron chi connectivity index (χ3n) is 5.98. The Morgan fingerprint density at radius 3 is 2.32 bits per heavy atom. The van der Waals surface area contributed by atoms with Crippen molar-refractivity contribution >= 4 is 29.8 Å². The Morgan fingerprint density at radius 2 is 1.70 bits per heavy atom. The molecule has 0 radical (unpaired) electrons. The van der Waals surface area contributed by atoms with Crippen LogP contribution in [0.1, 0.15) is 32.4 Å². The Labute approximate surface area is 220 Å². The van der Waals surface area contributed by atoms with E-state index in [1.807, 2.05) is 35.2 Å². The summed E-state index contributed by atoms with van der Waals surface area (Å²) < 4.78 is 16.0. The van der Waals surface area contributed by atoms with E-state index in [4.69, 9.17) is 14.2 Å². The summed E-state index contributed by atoms with van der Waals surface area (Å²) in [6.07, 6.45) is 2.30. The normalized spacial score (nSPS) is 15.2. The number of rotatable bonds is 10. The van der Waals surface area contributed by atoms with Gasteiger partial charge in [0.25, 0.3) is 5.91 Å². The van der Waals surface area contributed by atoms with Gasteiger partial charge < -0.3 is 19.1 Å². The molecule has 0 aliphatic carbocycles. The molecule has 1 atom stereocenters. The number of methoxy groups -OCH3 is 3. The second-order valence-corrected chi connectivity index (χ2v) is 9.33. The molecule has 1 fully saturated rings. The van der Waals surface area contributed by atoms with Crippen LogP contribution in [-0.4, -0.2) is 56.6 Å². The molecule has 192 valence electrons. The van der Waals surface area contributed by atoms with Gasteiger partial charge in [-0.15, -0.1) is 11.8 Å². The monoisotopic (exact) mass is 519 g/mol. The number of hydrazone groups is 1. The van der Waals surface area contributed by atoms with Crippen LogP contribution in [0.25, 0.3) is 0 Å². The summed E-state index contributed by atoms with van der Waals surface area (Å²) in [5.74, 6) is 1.71. The molecule has 3 aromatic carbocycles. The van der Waals surface area contributed by atoms with Crippen LogP contribution in [0.15, 0.2) is 71.8 Å². The molecule has 8 nitrogen and oxygen atoms in total. The quantitative estimate of drug-likeness (QED) is 0.318. The molecule has 1 saturated heterocycles. The van der Waals surface area contributed by atoms with Crippen LogP contribution in [0, 0.1) is 0 Å². The smallest absolute Gasteiger partial charge is 0.271 e. The van der Waals surface area contributed by atoms with E-state index in [2.05, 4.69) is 22.7 Å². The lowest BCUT2D eigenvalue weighted by Crippen LogP contribution is -2.30. The van der Waals surface area contributed by atoms with Crippen molar-refractivity contribution in [2.24, 2.45) is 5.10 Å². The average Bonchev–Trinajstić information content (AvgIpc) is 3.31. The van der Waals surface area contributed by atoms with Crippen LogP contribution in [0.2, 0.25) is 0 Å². The summed E-state index contributed by atoms with van der Waals surface area (Å²) in [4.78, 5) is 27.0. The maximum absolute atomic E-state index is 12.6. The molecule has 1 aliphatic heterocycles. The van der Waals surface area contributed by atoms with Crippen molar-refractivity contribution in [3.63, 3.8) is 0 Å². The van der Waals surface area contributed by atoms with E-state index in [-0.39, 0.29) is 17.2 Å². The predicted molar refractivity (Wildman–Crippen MR) is 145 cm³/mol. The molecular formula is C28H29N3O5S. The van der Waals surface area contributed by atoms with E-state index >= 15 is 0 Å². The van der Waals surface area contributed by atoms with Gasteiger partial charge in [0.2, 0.25) is 11.7 Å². The topological polar surface area (TPSA) is 89.5 Å². The number of benzene rings is 3. The highest BCUT2D eigenvalue weighted by Crippen LogP contribution is 2.39. The highest BCUT2D eigenvalue weighted by Gasteiger charge is 2.32. The summed E-state index contributed by atoms with van der Waals surface area (Å²) in [7, 11) is 4.60. The van der Waals surface area contributed by atoms with Gasteiger partial charge in [-0.05, 0) is 41.8 Å². The molecule has 9 heteroatoms. The average molecular weight is 520 g/mol. The fraction of sp³-hybridized carbons (Fsp3) is 0.250. The van der Waals surface area contributed by atoms with E-state index < -0.39 is 0 Å². The second-order valence-electron chi connectivity index (χ2n) is 8.27. The number of carbonyl (C=O) groups excluding carboxylic acids is 2. The standard InChI is InChI=1S/C28H29N3O5S/c1-34-23-15-20(16-24(35-2)26(23)36-3)17-29-30-27(33)21-9-11-22(12-10-21)28-31(25(32)18-37-28)14-13-19-7-5-4-6-8-19/h4-12,15-17,28H,13-14,18H2,1-3H3,(H,30,33)/b29-17-/t28-/m1/s1. The highest BCUT2D eigenvalue weighted by molar-refractivity contribution is 8.00. The van der Waals surface area contributed by atoms with Crippen molar-refractivity contribution in [3.8, 4) is 17.2 Å². The van der Waals surface area contributed by atoms with Crippen LogP contribution < -0.4 is 19.6 Å². The van der Waals surface area contributed by atoms with E-state index in [9.17, 15) is 9.59 Å². The largest absolute Gasteiger partial charge is 0.493 e. The van der Waals surface area contributed by atoms with Crippen LogP contribution in [0.5, 0.6) is 17.2 Å². The Bertz CT molecular complexity index is 1240. The number of hydrogen-bond donors (Lipinski definition) is 1. The van der Waals surface area contributed by atoms with Gasteiger partial charge in [0.1, 0.15) is 5.37 Å². The summed E-state index contributed by atoms with van der Waals surface area (Å²) in [5.41, 5.74) is 5.87. The van der Waals surface area contributed by atoms with E-state index in [0.29, 0.717) is 40.7 Å². The second kappa shape index (κ2) is 12.3. The maximum Gasteiger partial charge on any atom is 0.271 e. The number of hydrogen-bond acceptors (Lipinski definition) is 7. The SMILES string of the molecule is COc1cc(/C=N\NC(=O)c2ccc([C@H]3SCC(=O)N3CCc3ccccc3)cc2)cc(OC)c1OC.